The number of ether oxygens (including phenoxy) is 1. The largest absolute Gasteiger partial charge is 0.496 e. The Bertz CT molecular complexity index is 1110. The minimum absolute atomic E-state index is 0.101. The molecular weight excluding hydrogens is 454 g/mol. The van der Waals surface area contributed by atoms with Gasteiger partial charge >= 0.3 is 0 Å². The maximum atomic E-state index is 13.3. The van der Waals surface area contributed by atoms with Gasteiger partial charge in [-0.05, 0) is 57.6 Å². The second-order valence-corrected chi connectivity index (χ2v) is 10.9. The molecule has 5 rings (SSSR count). The first-order valence-corrected chi connectivity index (χ1v) is 13.3. The SMILES string of the molecule is COc1ccccc1CN1CCN(C(=O)C2CC23CCN(C(=O)C(C)n2nc(C)cc2C)CC3)CC1. The van der Waals surface area contributed by atoms with E-state index < -0.39 is 0 Å². The number of carbonyl (C=O) groups is 2. The molecule has 2 aliphatic heterocycles. The van der Waals surface area contributed by atoms with E-state index >= 15 is 0 Å². The molecule has 1 saturated carbocycles. The lowest BCUT2D eigenvalue weighted by atomic mass is 9.90. The van der Waals surface area contributed by atoms with Gasteiger partial charge in [0, 0.05) is 63.0 Å². The number of likely N-dealkylation sites (tertiary alicyclic amines) is 1. The summed E-state index contributed by atoms with van der Waals surface area (Å²) < 4.78 is 7.33. The summed E-state index contributed by atoms with van der Waals surface area (Å²) in [6, 6.07) is 9.86. The van der Waals surface area contributed by atoms with E-state index in [0.29, 0.717) is 5.91 Å². The van der Waals surface area contributed by atoms with Crippen LogP contribution in [0.4, 0.5) is 0 Å². The predicted molar refractivity (Wildman–Crippen MR) is 138 cm³/mol. The monoisotopic (exact) mass is 493 g/mol. The number of aromatic nitrogens is 2. The van der Waals surface area contributed by atoms with Crippen LogP contribution in [-0.4, -0.2) is 82.7 Å². The maximum absolute atomic E-state index is 13.3. The molecule has 1 aliphatic carbocycles. The molecule has 3 aliphatic rings. The summed E-state index contributed by atoms with van der Waals surface area (Å²) >= 11 is 0. The fourth-order valence-electron chi connectivity index (χ4n) is 6.25. The van der Waals surface area contributed by atoms with Crippen molar-refractivity contribution in [3.63, 3.8) is 0 Å². The van der Waals surface area contributed by atoms with Gasteiger partial charge in [-0.25, -0.2) is 0 Å². The van der Waals surface area contributed by atoms with Gasteiger partial charge in [0.15, 0.2) is 0 Å². The van der Waals surface area contributed by atoms with Crippen LogP contribution in [0, 0.1) is 25.2 Å². The molecule has 2 atom stereocenters. The van der Waals surface area contributed by atoms with Crippen LogP contribution in [0.3, 0.4) is 0 Å². The van der Waals surface area contributed by atoms with Crippen molar-refractivity contribution in [2.75, 3.05) is 46.4 Å². The molecule has 1 aromatic heterocycles. The second kappa shape index (κ2) is 9.88. The van der Waals surface area contributed by atoms with Crippen molar-refractivity contribution in [3.8, 4) is 5.75 Å². The highest BCUT2D eigenvalue weighted by molar-refractivity contribution is 5.83. The zero-order valence-corrected chi connectivity index (χ0v) is 22.1. The molecule has 1 aromatic carbocycles. The molecule has 2 unspecified atom stereocenters. The predicted octanol–water partition coefficient (Wildman–Crippen LogP) is 3.04. The summed E-state index contributed by atoms with van der Waals surface area (Å²) in [6.45, 7) is 11.5. The average Bonchev–Trinajstić information content (AvgIpc) is 3.48. The van der Waals surface area contributed by atoms with Crippen molar-refractivity contribution in [3.05, 3.63) is 47.3 Å². The normalized spacial score (nSPS) is 22.5. The van der Waals surface area contributed by atoms with E-state index in [1.165, 1.54) is 5.56 Å². The molecule has 8 nitrogen and oxygen atoms in total. The maximum Gasteiger partial charge on any atom is 0.247 e. The highest BCUT2D eigenvalue weighted by Crippen LogP contribution is 2.60. The smallest absolute Gasteiger partial charge is 0.247 e. The van der Waals surface area contributed by atoms with E-state index in [1.54, 1.807) is 7.11 Å². The van der Waals surface area contributed by atoms with Crippen molar-refractivity contribution < 1.29 is 14.3 Å². The van der Waals surface area contributed by atoms with Gasteiger partial charge in [0.05, 0.1) is 12.8 Å². The van der Waals surface area contributed by atoms with Crippen molar-refractivity contribution in [1.29, 1.82) is 0 Å². The molecule has 3 heterocycles. The van der Waals surface area contributed by atoms with E-state index in [4.69, 9.17) is 4.74 Å². The van der Waals surface area contributed by atoms with Gasteiger partial charge in [0.1, 0.15) is 11.8 Å². The van der Waals surface area contributed by atoms with E-state index in [-0.39, 0.29) is 23.3 Å². The second-order valence-electron chi connectivity index (χ2n) is 10.9. The Morgan fingerprint density at radius 3 is 2.39 bits per heavy atom. The number of para-hydroxylation sites is 1. The molecule has 0 N–H and O–H groups in total. The highest BCUT2D eigenvalue weighted by atomic mass is 16.5. The summed E-state index contributed by atoms with van der Waals surface area (Å²) in [5.74, 6) is 1.50. The van der Waals surface area contributed by atoms with Crippen LogP contribution in [0.2, 0.25) is 0 Å². The zero-order chi connectivity index (χ0) is 25.4. The van der Waals surface area contributed by atoms with Crippen molar-refractivity contribution in [2.24, 2.45) is 11.3 Å². The minimum atomic E-state index is -0.295. The molecule has 194 valence electrons. The van der Waals surface area contributed by atoms with E-state index in [1.807, 2.05) is 54.6 Å². The first-order valence-electron chi connectivity index (χ1n) is 13.3. The molecule has 1 spiro atoms. The number of methoxy groups -OCH3 is 1. The number of rotatable bonds is 6. The zero-order valence-electron chi connectivity index (χ0n) is 22.1. The number of amides is 2. The fraction of sp³-hybridized carbons (Fsp3) is 0.607. The van der Waals surface area contributed by atoms with Gasteiger partial charge in [-0.3, -0.25) is 19.2 Å². The Kier molecular flexibility index (Phi) is 6.81. The topological polar surface area (TPSA) is 70.9 Å². The molecule has 36 heavy (non-hydrogen) atoms. The number of nitrogens with zero attached hydrogens (tertiary/aromatic N) is 5. The highest BCUT2D eigenvalue weighted by Gasteiger charge is 2.59. The summed E-state index contributed by atoms with van der Waals surface area (Å²) in [5, 5.41) is 4.50. The van der Waals surface area contributed by atoms with E-state index in [0.717, 1.165) is 82.2 Å². The van der Waals surface area contributed by atoms with Crippen molar-refractivity contribution >= 4 is 11.8 Å². The van der Waals surface area contributed by atoms with Gasteiger partial charge in [0.2, 0.25) is 11.8 Å². The summed E-state index contributed by atoms with van der Waals surface area (Å²) in [7, 11) is 1.71. The average molecular weight is 494 g/mol. The third kappa shape index (κ3) is 4.75. The van der Waals surface area contributed by atoms with Gasteiger partial charge in [0.25, 0.3) is 0 Å². The Labute approximate surface area is 214 Å². The molecule has 2 amide bonds. The van der Waals surface area contributed by atoms with Crippen LogP contribution in [0.25, 0.3) is 0 Å². The number of benzene rings is 1. The molecule has 2 saturated heterocycles. The number of piperidine rings is 1. The lowest BCUT2D eigenvalue weighted by molar-refractivity contribution is -0.137. The fourth-order valence-corrected chi connectivity index (χ4v) is 6.25. The van der Waals surface area contributed by atoms with Crippen LogP contribution in [0.1, 0.15) is 49.2 Å². The Hall–Kier alpha value is -2.87. The van der Waals surface area contributed by atoms with Crippen LogP contribution < -0.4 is 4.74 Å². The first-order chi connectivity index (χ1) is 17.3. The van der Waals surface area contributed by atoms with E-state index in [9.17, 15) is 9.59 Å². The van der Waals surface area contributed by atoms with Gasteiger partial charge in [-0.15, -0.1) is 0 Å². The lowest BCUT2D eigenvalue weighted by Crippen LogP contribution is -2.49. The molecule has 0 bridgehead atoms. The van der Waals surface area contributed by atoms with Crippen molar-refractivity contribution in [1.82, 2.24) is 24.5 Å². The van der Waals surface area contributed by atoms with Crippen LogP contribution in [0.5, 0.6) is 5.75 Å². The van der Waals surface area contributed by atoms with Crippen LogP contribution in [-0.2, 0) is 16.1 Å². The van der Waals surface area contributed by atoms with Crippen molar-refractivity contribution in [2.45, 2.75) is 52.6 Å². The van der Waals surface area contributed by atoms with Gasteiger partial charge in [-0.1, -0.05) is 18.2 Å². The number of carbonyl (C=O) groups excluding carboxylic acids is 2. The van der Waals surface area contributed by atoms with Gasteiger partial charge in [-0.2, -0.15) is 5.10 Å². The van der Waals surface area contributed by atoms with Gasteiger partial charge < -0.3 is 14.5 Å². The lowest BCUT2D eigenvalue weighted by Gasteiger charge is -2.37. The number of hydrogen-bond acceptors (Lipinski definition) is 5. The van der Waals surface area contributed by atoms with Crippen LogP contribution >= 0.6 is 0 Å². The minimum Gasteiger partial charge on any atom is -0.496 e. The molecular formula is C28H39N5O3. The Morgan fingerprint density at radius 1 is 1.06 bits per heavy atom. The molecule has 0 radical (unpaired) electrons. The summed E-state index contributed by atoms with van der Waals surface area (Å²) in [6.07, 6.45) is 2.82. The number of aryl methyl sites for hydroxylation is 2. The standard InChI is InChI=1S/C28H39N5O3/c1-20-17-21(2)33(29-20)22(3)26(34)31-11-9-28(10-12-31)18-24(28)27(35)32-15-13-30(14-16-32)19-23-7-5-6-8-25(23)36-4/h5-8,17,22,24H,9-16,18-19H2,1-4H3. The third-order valence-electron chi connectivity index (χ3n) is 8.60. The number of hydrogen-bond donors (Lipinski definition) is 0. The summed E-state index contributed by atoms with van der Waals surface area (Å²) in [5.41, 5.74) is 3.24. The first kappa shape index (κ1) is 24.8. The quantitative estimate of drug-likeness (QED) is 0.619. The number of piperazine rings is 1. The molecule has 3 fully saturated rings. The Balaban J connectivity index is 1.10. The summed E-state index contributed by atoms with van der Waals surface area (Å²) in [4.78, 5) is 32.9. The molecule has 8 heteroatoms. The van der Waals surface area contributed by atoms with Crippen LogP contribution in [0.15, 0.2) is 30.3 Å². The Morgan fingerprint density at radius 2 is 1.75 bits per heavy atom. The van der Waals surface area contributed by atoms with E-state index in [2.05, 4.69) is 21.0 Å². The molecule has 2 aromatic rings. The third-order valence-corrected chi connectivity index (χ3v) is 8.60.